The molecular formula is C11H17NO4S3. The second kappa shape index (κ2) is 5.16. The van der Waals surface area contributed by atoms with Crippen LogP contribution in [0.3, 0.4) is 0 Å². The molecule has 1 aliphatic rings. The number of sulfone groups is 1. The molecule has 0 aliphatic carbocycles. The van der Waals surface area contributed by atoms with E-state index >= 15 is 0 Å². The predicted molar refractivity (Wildman–Crippen MR) is 75.7 cm³/mol. The second-order valence-corrected chi connectivity index (χ2v) is 10.4. The molecule has 1 saturated heterocycles. The predicted octanol–water partition coefficient (Wildman–Crippen LogP) is 1.12. The van der Waals surface area contributed by atoms with Crippen LogP contribution in [0.2, 0.25) is 0 Å². The molecule has 0 saturated carbocycles. The van der Waals surface area contributed by atoms with Crippen molar-refractivity contribution in [3.63, 3.8) is 0 Å². The van der Waals surface area contributed by atoms with Crippen molar-refractivity contribution in [2.24, 2.45) is 0 Å². The van der Waals surface area contributed by atoms with Gasteiger partial charge in [0.1, 0.15) is 4.21 Å². The van der Waals surface area contributed by atoms with Crippen LogP contribution in [-0.4, -0.2) is 45.2 Å². The van der Waals surface area contributed by atoms with Gasteiger partial charge in [0.2, 0.25) is 0 Å². The fourth-order valence-corrected chi connectivity index (χ4v) is 6.33. The highest BCUT2D eigenvalue weighted by atomic mass is 32.2. The molecule has 1 aliphatic heterocycles. The monoisotopic (exact) mass is 323 g/mol. The van der Waals surface area contributed by atoms with E-state index in [2.05, 4.69) is 0 Å². The maximum Gasteiger partial charge on any atom is 0.252 e. The molecule has 2 heterocycles. The van der Waals surface area contributed by atoms with Gasteiger partial charge in [-0.25, -0.2) is 16.8 Å². The summed E-state index contributed by atoms with van der Waals surface area (Å²) in [5.74, 6) is 0.0601. The Morgan fingerprint density at radius 2 is 1.84 bits per heavy atom. The van der Waals surface area contributed by atoms with Crippen LogP contribution in [0.4, 0.5) is 0 Å². The smallest absolute Gasteiger partial charge is 0.228 e. The van der Waals surface area contributed by atoms with Gasteiger partial charge in [0.05, 0.1) is 5.25 Å². The van der Waals surface area contributed by atoms with E-state index in [1.807, 2.05) is 6.92 Å². The van der Waals surface area contributed by atoms with Crippen LogP contribution in [0.25, 0.3) is 0 Å². The van der Waals surface area contributed by atoms with Gasteiger partial charge in [-0.3, -0.25) is 0 Å². The Labute approximate surface area is 118 Å². The van der Waals surface area contributed by atoms with Gasteiger partial charge >= 0.3 is 0 Å². The molecule has 0 N–H and O–H groups in total. The summed E-state index contributed by atoms with van der Waals surface area (Å²) in [6, 6.07) is 3.40. The normalized spacial score (nSPS) is 18.4. The van der Waals surface area contributed by atoms with Gasteiger partial charge in [0, 0.05) is 23.7 Å². The van der Waals surface area contributed by atoms with Gasteiger partial charge in [-0.15, -0.1) is 11.3 Å². The lowest BCUT2D eigenvalue weighted by atomic mass is 10.3. The lowest BCUT2D eigenvalue weighted by molar-refractivity contribution is 0.310. The van der Waals surface area contributed by atoms with Crippen molar-refractivity contribution in [2.75, 3.05) is 18.8 Å². The summed E-state index contributed by atoms with van der Waals surface area (Å²) in [6.45, 7) is 3.71. The van der Waals surface area contributed by atoms with Crippen LogP contribution < -0.4 is 0 Å². The van der Waals surface area contributed by atoms with Crippen molar-refractivity contribution in [3.8, 4) is 0 Å². The summed E-state index contributed by atoms with van der Waals surface area (Å²) in [6.07, 6.45) is 0.799. The summed E-state index contributed by atoms with van der Waals surface area (Å²) in [5.41, 5.74) is 0. The van der Waals surface area contributed by atoms with E-state index in [9.17, 15) is 16.8 Å². The summed E-state index contributed by atoms with van der Waals surface area (Å²) >= 11 is 1.25. The van der Waals surface area contributed by atoms with E-state index in [1.54, 1.807) is 19.1 Å². The van der Waals surface area contributed by atoms with Gasteiger partial charge in [-0.1, -0.05) is 13.8 Å². The summed E-state index contributed by atoms with van der Waals surface area (Å²) in [5, 5.41) is -0.544. The molecule has 1 fully saturated rings. The first kappa shape index (κ1) is 15.0. The Morgan fingerprint density at radius 1 is 1.21 bits per heavy atom. The van der Waals surface area contributed by atoms with Crippen molar-refractivity contribution in [3.05, 3.63) is 17.0 Å². The molecule has 0 unspecified atom stereocenters. The molecule has 8 heteroatoms. The number of nitrogens with zero attached hydrogens (tertiary/aromatic N) is 1. The molecule has 19 heavy (non-hydrogen) atoms. The zero-order chi connectivity index (χ0) is 14.3. The Balaban J connectivity index is 2.12. The Hall–Kier alpha value is -0.440. The number of aryl methyl sites for hydroxylation is 1. The highest BCUT2D eigenvalue weighted by Gasteiger charge is 2.43. The number of thiophene rings is 1. The van der Waals surface area contributed by atoms with E-state index < -0.39 is 25.1 Å². The minimum absolute atomic E-state index is 0.0601. The maximum absolute atomic E-state index is 12.2. The highest BCUT2D eigenvalue weighted by Crippen LogP contribution is 2.30. The molecule has 0 amide bonds. The number of sulfonamides is 1. The van der Waals surface area contributed by atoms with Gasteiger partial charge in [0.15, 0.2) is 9.84 Å². The molecule has 5 nitrogen and oxygen atoms in total. The van der Waals surface area contributed by atoms with Crippen molar-refractivity contribution >= 4 is 31.2 Å². The number of hydrogen-bond donors (Lipinski definition) is 0. The molecule has 0 aromatic carbocycles. The quantitative estimate of drug-likeness (QED) is 0.814. The molecule has 108 valence electrons. The topological polar surface area (TPSA) is 71.5 Å². The first-order chi connectivity index (χ1) is 8.81. The van der Waals surface area contributed by atoms with Crippen LogP contribution in [-0.2, 0) is 26.3 Å². The van der Waals surface area contributed by atoms with E-state index in [1.165, 1.54) is 15.6 Å². The minimum atomic E-state index is -3.51. The van der Waals surface area contributed by atoms with Crippen LogP contribution in [0.15, 0.2) is 16.3 Å². The third-order valence-corrected chi connectivity index (χ3v) is 8.95. The average Bonchev–Trinajstić information content (AvgIpc) is 2.75. The second-order valence-electron chi connectivity index (χ2n) is 4.47. The van der Waals surface area contributed by atoms with E-state index in [4.69, 9.17) is 0 Å². The fraction of sp³-hybridized carbons (Fsp3) is 0.636. The van der Waals surface area contributed by atoms with Crippen LogP contribution in [0.5, 0.6) is 0 Å². The van der Waals surface area contributed by atoms with Crippen LogP contribution >= 0.6 is 11.3 Å². The summed E-state index contributed by atoms with van der Waals surface area (Å²) in [7, 11) is -6.64. The molecule has 0 bridgehead atoms. The Morgan fingerprint density at radius 3 is 2.32 bits per heavy atom. The van der Waals surface area contributed by atoms with Crippen LogP contribution in [0.1, 0.15) is 18.7 Å². The summed E-state index contributed by atoms with van der Waals surface area (Å²) in [4.78, 5) is 1.01. The van der Waals surface area contributed by atoms with Gasteiger partial charge < -0.3 is 0 Å². The average molecular weight is 323 g/mol. The van der Waals surface area contributed by atoms with E-state index in [-0.39, 0.29) is 18.8 Å². The van der Waals surface area contributed by atoms with Crippen molar-refractivity contribution < 1.29 is 16.8 Å². The van der Waals surface area contributed by atoms with Gasteiger partial charge in [-0.2, -0.15) is 4.31 Å². The standard InChI is InChI=1S/C11H17NO4S3/c1-3-9-5-6-11(17-9)19(15,16)12-7-10(8-12)18(13,14)4-2/h5-6,10H,3-4,7-8H2,1-2H3. The minimum Gasteiger partial charge on any atom is -0.228 e. The lowest BCUT2D eigenvalue weighted by Gasteiger charge is -2.36. The summed E-state index contributed by atoms with van der Waals surface area (Å²) < 4.78 is 49.3. The van der Waals surface area contributed by atoms with Gasteiger partial charge in [-0.05, 0) is 18.6 Å². The van der Waals surface area contributed by atoms with E-state index in [0.717, 1.165) is 11.3 Å². The first-order valence-corrected chi connectivity index (χ1v) is 10.1. The lowest BCUT2D eigenvalue weighted by Crippen LogP contribution is -2.56. The molecule has 0 spiro atoms. The Kier molecular flexibility index (Phi) is 4.06. The first-order valence-electron chi connectivity index (χ1n) is 6.11. The molecule has 0 atom stereocenters. The molecule has 1 aromatic heterocycles. The molecule has 0 radical (unpaired) electrons. The van der Waals surface area contributed by atoms with Crippen molar-refractivity contribution in [1.82, 2.24) is 4.31 Å². The van der Waals surface area contributed by atoms with Gasteiger partial charge in [0.25, 0.3) is 10.0 Å². The number of rotatable bonds is 5. The highest BCUT2D eigenvalue weighted by molar-refractivity contribution is 7.93. The molecule has 2 rings (SSSR count). The van der Waals surface area contributed by atoms with Crippen LogP contribution in [0, 0.1) is 0 Å². The van der Waals surface area contributed by atoms with E-state index in [0.29, 0.717) is 4.21 Å². The third-order valence-electron chi connectivity index (χ3n) is 3.30. The third kappa shape index (κ3) is 2.72. The Bertz CT molecular complexity index is 654. The fourth-order valence-electron chi connectivity index (χ4n) is 1.87. The molecular weight excluding hydrogens is 306 g/mol. The maximum atomic E-state index is 12.2. The SMILES string of the molecule is CCc1ccc(S(=O)(=O)N2CC(S(=O)(=O)CC)C2)s1. The molecule has 1 aromatic rings. The number of hydrogen-bond acceptors (Lipinski definition) is 5. The largest absolute Gasteiger partial charge is 0.252 e. The van der Waals surface area contributed by atoms with Crippen molar-refractivity contribution in [2.45, 2.75) is 29.7 Å². The van der Waals surface area contributed by atoms with Crippen molar-refractivity contribution in [1.29, 1.82) is 0 Å². The zero-order valence-electron chi connectivity index (χ0n) is 10.9. The zero-order valence-corrected chi connectivity index (χ0v) is 13.3.